The van der Waals surface area contributed by atoms with Gasteiger partial charge in [0, 0.05) is 54.7 Å². The first-order valence-electron chi connectivity index (χ1n) is 11.3. The maximum atomic E-state index is 12.5. The lowest BCUT2D eigenvalue weighted by Gasteiger charge is -2.34. The number of rotatable bonds is 5. The number of nitrogens with zero attached hydrogens (tertiary/aromatic N) is 4. The molecular weight excluding hydrogens is 455 g/mol. The monoisotopic (exact) mass is 479 g/mol. The van der Waals surface area contributed by atoms with Crippen LogP contribution in [0.4, 0.5) is 30.5 Å². The van der Waals surface area contributed by atoms with Crippen molar-refractivity contribution in [3.05, 3.63) is 72.9 Å². The van der Waals surface area contributed by atoms with Gasteiger partial charge in [-0.25, -0.2) is 9.97 Å². The lowest BCUT2D eigenvalue weighted by atomic mass is 10.0. The Hall–Kier alpha value is -3.85. The summed E-state index contributed by atoms with van der Waals surface area (Å²) in [5.74, 6) is 0.177. The number of nitrogens with one attached hydrogen (secondary N) is 1. The number of aromatic nitrogens is 2. The topological polar surface area (TPSA) is 53.5 Å². The molecule has 0 bridgehead atoms. The zero-order valence-corrected chi connectivity index (χ0v) is 19.1. The molecule has 1 aromatic heterocycles. The van der Waals surface area contributed by atoms with Crippen molar-refractivity contribution >= 4 is 28.2 Å². The quantitative estimate of drug-likeness (QED) is 0.397. The Labute approximate surface area is 201 Å². The fourth-order valence-electron chi connectivity index (χ4n) is 4.16. The lowest BCUT2D eigenvalue weighted by molar-refractivity contribution is -0.274. The molecule has 0 spiro atoms. The molecular formula is C26H24F3N5O. The molecule has 2 heterocycles. The van der Waals surface area contributed by atoms with E-state index in [1.54, 1.807) is 18.3 Å². The third-order valence-electron chi connectivity index (χ3n) is 5.98. The van der Waals surface area contributed by atoms with Gasteiger partial charge in [-0.3, -0.25) is 0 Å². The fraction of sp³-hybridized carbons (Fsp3) is 0.231. The minimum atomic E-state index is -4.73. The predicted molar refractivity (Wildman–Crippen MR) is 131 cm³/mol. The summed E-state index contributed by atoms with van der Waals surface area (Å²) in [5, 5.41) is 4.12. The third kappa shape index (κ3) is 5.46. The summed E-state index contributed by atoms with van der Waals surface area (Å²) in [7, 11) is 2.13. The summed E-state index contributed by atoms with van der Waals surface area (Å²) in [6.07, 6.45) is -2.99. The number of halogens is 3. The Bertz CT molecular complexity index is 1320. The Kier molecular flexibility index (Phi) is 6.17. The molecule has 35 heavy (non-hydrogen) atoms. The van der Waals surface area contributed by atoms with Crippen LogP contribution in [0.2, 0.25) is 0 Å². The summed E-state index contributed by atoms with van der Waals surface area (Å²) < 4.78 is 41.5. The van der Waals surface area contributed by atoms with E-state index in [-0.39, 0.29) is 5.75 Å². The molecule has 4 aromatic rings. The molecule has 1 aliphatic heterocycles. The van der Waals surface area contributed by atoms with Crippen molar-refractivity contribution < 1.29 is 17.9 Å². The van der Waals surface area contributed by atoms with Crippen LogP contribution in [-0.2, 0) is 0 Å². The molecule has 6 nitrogen and oxygen atoms in total. The van der Waals surface area contributed by atoms with Gasteiger partial charge < -0.3 is 19.9 Å². The maximum absolute atomic E-state index is 12.5. The van der Waals surface area contributed by atoms with Crippen molar-refractivity contribution in [1.29, 1.82) is 0 Å². The molecule has 3 aromatic carbocycles. The second-order valence-corrected chi connectivity index (χ2v) is 8.47. The van der Waals surface area contributed by atoms with Crippen LogP contribution in [0, 0.1) is 0 Å². The summed E-state index contributed by atoms with van der Waals surface area (Å²) >= 11 is 0. The van der Waals surface area contributed by atoms with Crippen molar-refractivity contribution in [2.24, 2.45) is 0 Å². The van der Waals surface area contributed by atoms with Gasteiger partial charge in [0.25, 0.3) is 0 Å². The highest BCUT2D eigenvalue weighted by Gasteiger charge is 2.31. The number of hydrogen-bond donors (Lipinski definition) is 1. The first kappa shape index (κ1) is 22.9. The van der Waals surface area contributed by atoms with E-state index in [0.29, 0.717) is 11.5 Å². The third-order valence-corrected chi connectivity index (χ3v) is 5.98. The Morgan fingerprint density at radius 1 is 0.914 bits per heavy atom. The number of para-hydroxylation sites is 1. The molecule has 0 atom stereocenters. The predicted octanol–water partition coefficient (Wildman–Crippen LogP) is 5.69. The van der Waals surface area contributed by atoms with Crippen LogP contribution < -0.4 is 15.0 Å². The molecule has 0 unspecified atom stereocenters. The van der Waals surface area contributed by atoms with E-state index >= 15 is 0 Å². The van der Waals surface area contributed by atoms with Gasteiger partial charge in [0.1, 0.15) is 5.75 Å². The SMILES string of the molecule is CN1CCN(c2cccc(Nc3ncc4cccc(-c5ccc(OC(F)(F)F)cc5)c4n3)c2)CC1. The Morgan fingerprint density at radius 2 is 1.66 bits per heavy atom. The zero-order chi connectivity index (χ0) is 24.4. The molecule has 0 saturated carbocycles. The molecule has 180 valence electrons. The van der Waals surface area contributed by atoms with Crippen LogP contribution in [0.15, 0.2) is 72.9 Å². The van der Waals surface area contributed by atoms with Gasteiger partial charge in [-0.2, -0.15) is 0 Å². The van der Waals surface area contributed by atoms with E-state index in [0.717, 1.165) is 54.1 Å². The maximum Gasteiger partial charge on any atom is 0.573 e. The number of alkyl halides is 3. The molecule has 1 fully saturated rings. The van der Waals surface area contributed by atoms with Crippen molar-refractivity contribution in [1.82, 2.24) is 14.9 Å². The number of hydrogen-bond acceptors (Lipinski definition) is 6. The number of benzene rings is 3. The van der Waals surface area contributed by atoms with E-state index < -0.39 is 6.36 Å². The van der Waals surface area contributed by atoms with Crippen LogP contribution in [0.25, 0.3) is 22.0 Å². The lowest BCUT2D eigenvalue weighted by Crippen LogP contribution is -2.44. The van der Waals surface area contributed by atoms with E-state index in [1.165, 1.54) is 12.1 Å². The van der Waals surface area contributed by atoms with Crippen LogP contribution in [0.1, 0.15) is 0 Å². The highest BCUT2D eigenvalue weighted by Crippen LogP contribution is 2.31. The standard InChI is InChI=1S/C26H24F3N5O/c1-33-12-14-34(15-13-33)21-6-3-5-20(16-21)31-25-30-17-19-4-2-7-23(24(19)32-25)18-8-10-22(11-9-18)35-26(27,28)29/h2-11,16-17H,12-15H2,1H3,(H,30,31,32). The Morgan fingerprint density at radius 3 is 2.40 bits per heavy atom. The minimum Gasteiger partial charge on any atom is -0.406 e. The summed E-state index contributed by atoms with van der Waals surface area (Å²) in [5.41, 5.74) is 4.24. The number of piperazine rings is 1. The Balaban J connectivity index is 1.40. The first-order chi connectivity index (χ1) is 16.8. The summed E-state index contributed by atoms with van der Waals surface area (Å²) in [6, 6.07) is 19.6. The fourth-order valence-corrected chi connectivity index (χ4v) is 4.16. The van der Waals surface area contributed by atoms with Gasteiger partial charge in [-0.15, -0.1) is 13.2 Å². The number of fused-ring (bicyclic) bond motifs is 1. The second-order valence-electron chi connectivity index (χ2n) is 8.47. The minimum absolute atomic E-state index is 0.265. The normalized spacial score (nSPS) is 14.8. The van der Waals surface area contributed by atoms with Crippen molar-refractivity contribution in [2.45, 2.75) is 6.36 Å². The van der Waals surface area contributed by atoms with Gasteiger partial charge >= 0.3 is 6.36 Å². The molecule has 0 amide bonds. The molecule has 1 N–H and O–H groups in total. The average Bonchev–Trinajstić information content (AvgIpc) is 2.84. The molecule has 1 aliphatic rings. The zero-order valence-electron chi connectivity index (χ0n) is 19.1. The molecule has 9 heteroatoms. The van der Waals surface area contributed by atoms with Crippen molar-refractivity contribution in [2.75, 3.05) is 43.4 Å². The van der Waals surface area contributed by atoms with Crippen molar-refractivity contribution in [3.63, 3.8) is 0 Å². The number of anilines is 3. The average molecular weight is 480 g/mol. The number of ether oxygens (including phenoxy) is 1. The van der Waals surface area contributed by atoms with Crippen LogP contribution in [-0.4, -0.2) is 54.5 Å². The number of likely N-dealkylation sites (N-methyl/N-ethyl adjacent to an activating group) is 1. The highest BCUT2D eigenvalue weighted by molar-refractivity contribution is 5.94. The van der Waals surface area contributed by atoms with E-state index in [2.05, 4.69) is 44.0 Å². The van der Waals surface area contributed by atoms with E-state index in [4.69, 9.17) is 4.98 Å². The summed E-state index contributed by atoms with van der Waals surface area (Å²) in [6.45, 7) is 4.00. The molecule has 1 saturated heterocycles. The van der Waals surface area contributed by atoms with E-state index in [1.807, 2.05) is 30.3 Å². The first-order valence-corrected chi connectivity index (χ1v) is 11.3. The van der Waals surface area contributed by atoms with Crippen LogP contribution in [0.5, 0.6) is 5.75 Å². The van der Waals surface area contributed by atoms with Gasteiger partial charge in [0.05, 0.1) is 5.52 Å². The van der Waals surface area contributed by atoms with Gasteiger partial charge in [0.2, 0.25) is 5.95 Å². The van der Waals surface area contributed by atoms with Gasteiger partial charge in [0.15, 0.2) is 0 Å². The second kappa shape index (κ2) is 9.42. The summed E-state index contributed by atoms with van der Waals surface area (Å²) in [4.78, 5) is 13.9. The van der Waals surface area contributed by atoms with Crippen molar-refractivity contribution in [3.8, 4) is 16.9 Å². The molecule has 5 rings (SSSR count). The molecule has 0 radical (unpaired) electrons. The van der Waals surface area contributed by atoms with Gasteiger partial charge in [-0.1, -0.05) is 36.4 Å². The van der Waals surface area contributed by atoms with Gasteiger partial charge in [-0.05, 0) is 42.9 Å². The van der Waals surface area contributed by atoms with Crippen LogP contribution >= 0.6 is 0 Å². The van der Waals surface area contributed by atoms with Crippen LogP contribution in [0.3, 0.4) is 0 Å². The highest BCUT2D eigenvalue weighted by atomic mass is 19.4. The molecule has 0 aliphatic carbocycles. The van der Waals surface area contributed by atoms with E-state index in [9.17, 15) is 13.2 Å². The largest absolute Gasteiger partial charge is 0.573 e. The smallest absolute Gasteiger partial charge is 0.406 e.